The Hall–Kier alpha value is -1.16. The fraction of sp³-hybridized carbons (Fsp3) is 0.696. The monoisotopic (exact) mass is 423 g/mol. The molecule has 3 unspecified atom stereocenters. The first-order valence-electron chi connectivity index (χ1n) is 11.1. The molecule has 1 saturated carbocycles. The summed E-state index contributed by atoms with van der Waals surface area (Å²) in [6.07, 6.45) is 7.55. The zero-order chi connectivity index (χ0) is 21.3. The van der Waals surface area contributed by atoms with Gasteiger partial charge < -0.3 is 15.3 Å². The third kappa shape index (κ3) is 8.62. The number of hydrogen-bond donors (Lipinski definition) is 3. The Morgan fingerprint density at radius 2 is 1.83 bits per heavy atom. The molecule has 1 aromatic rings. The smallest absolute Gasteiger partial charge is 0.307 e. The van der Waals surface area contributed by atoms with Crippen LogP contribution in [0.1, 0.15) is 64.4 Å². The lowest BCUT2D eigenvalue weighted by atomic mass is 9.87. The standard InChI is InChI=1S/C23H38NO4P/c1-18(2)15-21(23(25)26)17-29(27,28)22(16-20-11-7-4-8-12-20)24-14-13-19-9-5-3-6-10-19/h3,5-6,9-10,18,20-22,24H,4,7-8,11-17H2,1-2H3,(H,25,26)(H,27,28). The van der Waals surface area contributed by atoms with Crippen LogP contribution in [0.2, 0.25) is 0 Å². The number of carbonyl (C=O) groups is 1. The Morgan fingerprint density at radius 3 is 2.41 bits per heavy atom. The summed E-state index contributed by atoms with van der Waals surface area (Å²) in [6.45, 7) is 4.53. The van der Waals surface area contributed by atoms with Crippen LogP contribution in [0.25, 0.3) is 0 Å². The number of carboxylic acids is 1. The Kier molecular flexibility index (Phi) is 9.88. The number of benzene rings is 1. The van der Waals surface area contributed by atoms with E-state index in [-0.39, 0.29) is 12.1 Å². The number of carboxylic acid groups (broad SMARTS) is 1. The van der Waals surface area contributed by atoms with E-state index < -0.39 is 25.0 Å². The van der Waals surface area contributed by atoms with Crippen molar-refractivity contribution in [2.75, 3.05) is 12.7 Å². The Labute approximate surface area is 175 Å². The summed E-state index contributed by atoms with van der Waals surface area (Å²) in [5, 5.41) is 12.9. The maximum atomic E-state index is 13.4. The van der Waals surface area contributed by atoms with Gasteiger partial charge in [0.2, 0.25) is 7.37 Å². The zero-order valence-corrected chi connectivity index (χ0v) is 18.8. The van der Waals surface area contributed by atoms with Gasteiger partial charge in [-0.1, -0.05) is 76.3 Å². The average molecular weight is 424 g/mol. The van der Waals surface area contributed by atoms with E-state index in [0.29, 0.717) is 25.3 Å². The van der Waals surface area contributed by atoms with Crippen molar-refractivity contribution in [3.8, 4) is 0 Å². The molecule has 0 aromatic heterocycles. The summed E-state index contributed by atoms with van der Waals surface area (Å²) in [7, 11) is -3.65. The number of nitrogens with one attached hydrogen (secondary N) is 1. The molecule has 5 nitrogen and oxygen atoms in total. The second-order valence-corrected chi connectivity index (χ2v) is 11.5. The second kappa shape index (κ2) is 11.9. The minimum absolute atomic E-state index is 0.143. The maximum absolute atomic E-state index is 13.4. The molecule has 2 rings (SSSR count). The van der Waals surface area contributed by atoms with Crippen LogP contribution >= 0.6 is 7.37 Å². The van der Waals surface area contributed by atoms with Gasteiger partial charge in [-0.25, -0.2) is 0 Å². The van der Waals surface area contributed by atoms with Crippen molar-refractivity contribution in [2.45, 2.75) is 71.0 Å². The van der Waals surface area contributed by atoms with Gasteiger partial charge in [-0.05, 0) is 43.2 Å². The van der Waals surface area contributed by atoms with E-state index in [4.69, 9.17) is 0 Å². The highest BCUT2D eigenvalue weighted by atomic mass is 31.2. The molecule has 3 atom stereocenters. The lowest BCUT2D eigenvalue weighted by Crippen LogP contribution is -2.35. The molecule has 0 aliphatic heterocycles. The second-order valence-electron chi connectivity index (χ2n) is 9.05. The molecule has 0 heterocycles. The van der Waals surface area contributed by atoms with Crippen LogP contribution in [-0.2, 0) is 15.8 Å². The van der Waals surface area contributed by atoms with Crippen LogP contribution in [0, 0.1) is 17.8 Å². The largest absolute Gasteiger partial charge is 0.481 e. The first-order chi connectivity index (χ1) is 13.8. The summed E-state index contributed by atoms with van der Waals surface area (Å²) in [6, 6.07) is 10.1. The van der Waals surface area contributed by atoms with E-state index in [1.807, 2.05) is 32.0 Å². The molecule has 0 spiro atoms. The van der Waals surface area contributed by atoms with Crippen molar-refractivity contribution in [1.82, 2.24) is 5.32 Å². The van der Waals surface area contributed by atoms with Crippen molar-refractivity contribution in [3.05, 3.63) is 35.9 Å². The highest BCUT2D eigenvalue weighted by molar-refractivity contribution is 7.58. The van der Waals surface area contributed by atoms with Crippen LogP contribution in [0.15, 0.2) is 30.3 Å². The molecule has 1 fully saturated rings. The molecule has 0 radical (unpaired) electrons. The topological polar surface area (TPSA) is 86.6 Å². The van der Waals surface area contributed by atoms with Crippen molar-refractivity contribution in [1.29, 1.82) is 0 Å². The quantitative estimate of drug-likeness (QED) is 0.406. The Balaban J connectivity index is 2.05. The molecule has 6 heteroatoms. The SMILES string of the molecule is CC(C)CC(CP(=O)(O)C(CC1CCCCC1)NCCc1ccccc1)C(=O)O. The van der Waals surface area contributed by atoms with Gasteiger partial charge in [-0.15, -0.1) is 0 Å². The zero-order valence-electron chi connectivity index (χ0n) is 17.9. The number of hydrogen-bond acceptors (Lipinski definition) is 3. The molecule has 1 aromatic carbocycles. The van der Waals surface area contributed by atoms with Gasteiger partial charge in [0, 0.05) is 6.16 Å². The van der Waals surface area contributed by atoms with Crippen LogP contribution in [0.3, 0.4) is 0 Å². The maximum Gasteiger partial charge on any atom is 0.307 e. The first-order valence-corrected chi connectivity index (χ1v) is 13.0. The molecular formula is C23H38NO4P. The van der Waals surface area contributed by atoms with E-state index in [0.717, 1.165) is 19.3 Å². The fourth-order valence-electron chi connectivity index (χ4n) is 4.42. The van der Waals surface area contributed by atoms with E-state index in [9.17, 15) is 19.4 Å². The van der Waals surface area contributed by atoms with E-state index >= 15 is 0 Å². The average Bonchev–Trinajstić information content (AvgIpc) is 2.67. The van der Waals surface area contributed by atoms with Gasteiger partial charge in [0.1, 0.15) is 0 Å². The van der Waals surface area contributed by atoms with Crippen LogP contribution < -0.4 is 5.32 Å². The summed E-state index contributed by atoms with van der Waals surface area (Å²) in [4.78, 5) is 22.6. The lowest BCUT2D eigenvalue weighted by molar-refractivity contribution is -0.141. The van der Waals surface area contributed by atoms with E-state index in [1.165, 1.54) is 24.8 Å². The minimum atomic E-state index is -3.65. The van der Waals surface area contributed by atoms with Gasteiger partial charge in [-0.2, -0.15) is 0 Å². The Morgan fingerprint density at radius 1 is 1.17 bits per heavy atom. The molecule has 1 aliphatic carbocycles. The predicted octanol–water partition coefficient (Wildman–Crippen LogP) is 5.13. The molecule has 29 heavy (non-hydrogen) atoms. The first kappa shape index (κ1) is 24.1. The Bertz CT molecular complexity index is 658. The third-order valence-corrected chi connectivity index (χ3v) is 8.32. The molecule has 3 N–H and O–H groups in total. The van der Waals surface area contributed by atoms with Crippen LogP contribution in [0.4, 0.5) is 0 Å². The fourth-order valence-corrected chi connectivity index (χ4v) is 6.66. The van der Waals surface area contributed by atoms with Gasteiger partial charge in [-0.3, -0.25) is 9.36 Å². The van der Waals surface area contributed by atoms with Gasteiger partial charge in [0.05, 0.1) is 11.7 Å². The molecule has 0 bridgehead atoms. The minimum Gasteiger partial charge on any atom is -0.481 e. The summed E-state index contributed by atoms with van der Waals surface area (Å²) in [5.74, 6) is -1.63. The van der Waals surface area contributed by atoms with Gasteiger partial charge in [0.25, 0.3) is 0 Å². The van der Waals surface area contributed by atoms with Crippen LogP contribution in [0.5, 0.6) is 0 Å². The lowest BCUT2D eigenvalue weighted by Gasteiger charge is -2.31. The van der Waals surface area contributed by atoms with Crippen LogP contribution in [-0.4, -0.2) is 34.5 Å². The summed E-state index contributed by atoms with van der Waals surface area (Å²) < 4.78 is 13.4. The van der Waals surface area contributed by atoms with Gasteiger partial charge in [0.15, 0.2) is 0 Å². The highest BCUT2D eigenvalue weighted by Crippen LogP contribution is 2.50. The van der Waals surface area contributed by atoms with Crippen molar-refractivity contribution in [2.24, 2.45) is 17.8 Å². The van der Waals surface area contributed by atoms with Crippen molar-refractivity contribution < 1.29 is 19.4 Å². The molecule has 0 amide bonds. The molecule has 0 saturated heterocycles. The number of rotatable bonds is 12. The van der Waals surface area contributed by atoms with E-state index in [2.05, 4.69) is 17.4 Å². The van der Waals surface area contributed by atoms with E-state index in [1.54, 1.807) is 0 Å². The molecular weight excluding hydrogens is 385 g/mol. The number of aliphatic carboxylic acids is 1. The summed E-state index contributed by atoms with van der Waals surface area (Å²) >= 11 is 0. The predicted molar refractivity (Wildman–Crippen MR) is 118 cm³/mol. The highest BCUT2D eigenvalue weighted by Gasteiger charge is 2.37. The van der Waals surface area contributed by atoms with Gasteiger partial charge >= 0.3 is 5.97 Å². The van der Waals surface area contributed by atoms with Crippen molar-refractivity contribution >= 4 is 13.3 Å². The normalized spacial score (nSPS) is 19.6. The molecule has 164 valence electrons. The third-order valence-electron chi connectivity index (χ3n) is 5.99. The molecule has 1 aliphatic rings. The van der Waals surface area contributed by atoms with Crippen molar-refractivity contribution in [3.63, 3.8) is 0 Å². The summed E-state index contributed by atoms with van der Waals surface area (Å²) in [5.41, 5.74) is 1.19.